The molecule has 0 aromatic heterocycles. The molecule has 18 heavy (non-hydrogen) atoms. The summed E-state index contributed by atoms with van der Waals surface area (Å²) in [7, 11) is 0. The summed E-state index contributed by atoms with van der Waals surface area (Å²) in [5, 5.41) is 9.29. The fourth-order valence-corrected chi connectivity index (χ4v) is 1.80. The van der Waals surface area contributed by atoms with E-state index in [9.17, 15) is 9.90 Å². The minimum atomic E-state index is -0.558. The van der Waals surface area contributed by atoms with Gasteiger partial charge in [-0.3, -0.25) is 4.79 Å². The molecular weight excluding hydrogens is 228 g/mol. The third-order valence-corrected chi connectivity index (χ3v) is 2.91. The monoisotopic (exact) mass is 250 g/mol. The Morgan fingerprint density at radius 3 is 2.56 bits per heavy atom. The lowest BCUT2D eigenvalue weighted by Gasteiger charge is -2.13. The van der Waals surface area contributed by atoms with Crippen molar-refractivity contribution in [3.63, 3.8) is 0 Å². The molecule has 0 bridgehead atoms. The van der Waals surface area contributed by atoms with Crippen LogP contribution in [0, 0.1) is 0 Å². The molecule has 1 atom stereocenters. The second-order valence-corrected chi connectivity index (χ2v) is 4.37. The number of aliphatic hydroxyl groups excluding tert-OH is 1. The summed E-state index contributed by atoms with van der Waals surface area (Å²) >= 11 is 0. The van der Waals surface area contributed by atoms with Crippen molar-refractivity contribution in [2.24, 2.45) is 0 Å². The molecule has 0 radical (unpaired) electrons. The van der Waals surface area contributed by atoms with E-state index in [1.807, 2.05) is 30.3 Å². The Morgan fingerprint density at radius 2 is 1.94 bits per heavy atom. The van der Waals surface area contributed by atoms with E-state index in [4.69, 9.17) is 4.74 Å². The van der Waals surface area contributed by atoms with Gasteiger partial charge in [-0.25, -0.2) is 0 Å². The van der Waals surface area contributed by atoms with E-state index in [-0.39, 0.29) is 12.6 Å². The molecule has 1 aromatic rings. The van der Waals surface area contributed by atoms with Gasteiger partial charge in [0.15, 0.2) is 0 Å². The molecule has 1 N–H and O–H groups in total. The molecule has 0 saturated heterocycles. The van der Waals surface area contributed by atoms with Gasteiger partial charge >= 0.3 is 5.97 Å². The highest BCUT2D eigenvalue weighted by Crippen LogP contribution is 2.16. The van der Waals surface area contributed by atoms with Crippen LogP contribution in [-0.2, 0) is 9.53 Å². The number of hydrogen-bond acceptors (Lipinski definition) is 3. The molecule has 100 valence electrons. The van der Waals surface area contributed by atoms with Crippen LogP contribution in [0.3, 0.4) is 0 Å². The van der Waals surface area contributed by atoms with E-state index in [2.05, 4.69) is 6.92 Å². The molecule has 0 aliphatic heterocycles. The number of carbonyl (C=O) groups is 1. The fraction of sp³-hybridized carbons (Fsp3) is 0.533. The van der Waals surface area contributed by atoms with Crippen LogP contribution in [0.5, 0.6) is 0 Å². The summed E-state index contributed by atoms with van der Waals surface area (Å²) < 4.78 is 5.20. The zero-order chi connectivity index (χ0) is 13.2. The normalized spacial score (nSPS) is 12.1. The average molecular weight is 250 g/mol. The van der Waals surface area contributed by atoms with E-state index in [1.165, 1.54) is 6.42 Å². The summed E-state index contributed by atoms with van der Waals surface area (Å²) in [6.07, 6.45) is 4.31. The Balaban J connectivity index is 2.39. The first-order valence-electron chi connectivity index (χ1n) is 6.62. The quantitative estimate of drug-likeness (QED) is 0.570. The Labute approximate surface area is 109 Å². The zero-order valence-corrected chi connectivity index (χ0v) is 11.0. The largest absolute Gasteiger partial charge is 0.465 e. The third kappa shape index (κ3) is 4.88. The van der Waals surface area contributed by atoms with Crippen molar-refractivity contribution in [1.82, 2.24) is 0 Å². The van der Waals surface area contributed by atoms with E-state index in [0.29, 0.717) is 6.61 Å². The number of carbonyl (C=O) groups excluding carboxylic acids is 1. The average Bonchev–Trinajstić information content (AvgIpc) is 2.40. The zero-order valence-electron chi connectivity index (χ0n) is 11.0. The Kier molecular flexibility index (Phi) is 7.11. The molecule has 3 heteroatoms. The van der Waals surface area contributed by atoms with Crippen LogP contribution >= 0.6 is 0 Å². The summed E-state index contributed by atoms with van der Waals surface area (Å²) in [5.74, 6) is -0.891. The van der Waals surface area contributed by atoms with Gasteiger partial charge in [0.05, 0.1) is 13.2 Å². The van der Waals surface area contributed by atoms with Crippen LogP contribution in [0.2, 0.25) is 0 Å². The first kappa shape index (κ1) is 14.7. The van der Waals surface area contributed by atoms with Crippen LogP contribution in [0.15, 0.2) is 30.3 Å². The molecule has 0 spiro atoms. The molecule has 1 rings (SSSR count). The molecule has 0 aliphatic rings. The van der Waals surface area contributed by atoms with Crippen molar-refractivity contribution in [3.05, 3.63) is 35.9 Å². The van der Waals surface area contributed by atoms with Crippen LogP contribution in [0.25, 0.3) is 0 Å². The standard InChI is InChI=1S/C15H22O3/c1-2-3-4-8-11-18-15(17)14(12-16)13-9-6-5-7-10-13/h5-7,9-10,14,16H,2-4,8,11-12H2,1H3/t14-/m0/s1. The summed E-state index contributed by atoms with van der Waals surface area (Å²) in [6, 6.07) is 9.26. The van der Waals surface area contributed by atoms with Crippen molar-refractivity contribution >= 4 is 5.97 Å². The maximum atomic E-state index is 11.8. The van der Waals surface area contributed by atoms with Crippen molar-refractivity contribution in [3.8, 4) is 0 Å². The van der Waals surface area contributed by atoms with E-state index in [0.717, 1.165) is 24.8 Å². The van der Waals surface area contributed by atoms with Crippen LogP contribution < -0.4 is 0 Å². The van der Waals surface area contributed by atoms with E-state index < -0.39 is 5.92 Å². The maximum Gasteiger partial charge on any atom is 0.315 e. The number of ether oxygens (including phenoxy) is 1. The number of rotatable bonds is 8. The molecule has 0 heterocycles. The second-order valence-electron chi connectivity index (χ2n) is 4.37. The summed E-state index contributed by atoms with van der Waals surface area (Å²) in [4.78, 5) is 11.8. The Hall–Kier alpha value is -1.35. The Bertz CT molecular complexity index is 335. The highest BCUT2D eigenvalue weighted by molar-refractivity contribution is 5.78. The number of aliphatic hydroxyl groups is 1. The van der Waals surface area contributed by atoms with Gasteiger partial charge in [0, 0.05) is 0 Å². The molecule has 3 nitrogen and oxygen atoms in total. The van der Waals surface area contributed by atoms with Gasteiger partial charge in [0.2, 0.25) is 0 Å². The lowest BCUT2D eigenvalue weighted by molar-refractivity contribution is -0.146. The first-order valence-corrected chi connectivity index (χ1v) is 6.62. The van der Waals surface area contributed by atoms with Crippen molar-refractivity contribution in [2.45, 2.75) is 38.5 Å². The number of esters is 1. The van der Waals surface area contributed by atoms with Gasteiger partial charge in [0.25, 0.3) is 0 Å². The van der Waals surface area contributed by atoms with Gasteiger partial charge in [-0.2, -0.15) is 0 Å². The predicted molar refractivity (Wildman–Crippen MR) is 71.4 cm³/mol. The first-order chi connectivity index (χ1) is 8.79. The highest BCUT2D eigenvalue weighted by Gasteiger charge is 2.20. The molecule has 0 aliphatic carbocycles. The number of hydrogen-bond donors (Lipinski definition) is 1. The Morgan fingerprint density at radius 1 is 1.22 bits per heavy atom. The van der Waals surface area contributed by atoms with E-state index in [1.54, 1.807) is 0 Å². The van der Waals surface area contributed by atoms with Crippen molar-refractivity contribution in [2.75, 3.05) is 13.2 Å². The maximum absolute atomic E-state index is 11.8. The second kappa shape index (κ2) is 8.70. The SMILES string of the molecule is CCCCCCOC(=O)[C@@H](CO)c1ccccc1. The third-order valence-electron chi connectivity index (χ3n) is 2.91. The minimum Gasteiger partial charge on any atom is -0.465 e. The van der Waals surface area contributed by atoms with Crippen molar-refractivity contribution in [1.29, 1.82) is 0 Å². The number of benzene rings is 1. The molecule has 0 amide bonds. The molecule has 0 saturated carbocycles. The van der Waals surface area contributed by atoms with Crippen LogP contribution in [0.4, 0.5) is 0 Å². The highest BCUT2D eigenvalue weighted by atomic mass is 16.5. The molecule has 0 fully saturated rings. The fourth-order valence-electron chi connectivity index (χ4n) is 1.80. The van der Waals surface area contributed by atoms with Gasteiger partial charge in [-0.05, 0) is 12.0 Å². The van der Waals surface area contributed by atoms with E-state index >= 15 is 0 Å². The molecular formula is C15H22O3. The smallest absolute Gasteiger partial charge is 0.315 e. The summed E-state index contributed by atoms with van der Waals surface area (Å²) in [5.41, 5.74) is 0.804. The predicted octanol–water partition coefficient (Wildman–Crippen LogP) is 2.89. The van der Waals surface area contributed by atoms with Gasteiger partial charge in [-0.15, -0.1) is 0 Å². The van der Waals surface area contributed by atoms with Crippen LogP contribution in [0.1, 0.15) is 44.1 Å². The van der Waals surface area contributed by atoms with Gasteiger partial charge in [0.1, 0.15) is 5.92 Å². The van der Waals surface area contributed by atoms with Gasteiger partial charge < -0.3 is 9.84 Å². The van der Waals surface area contributed by atoms with Crippen LogP contribution in [-0.4, -0.2) is 24.3 Å². The summed E-state index contributed by atoms with van der Waals surface area (Å²) in [6.45, 7) is 2.38. The minimum absolute atomic E-state index is 0.211. The molecule has 0 unspecified atom stereocenters. The lowest BCUT2D eigenvalue weighted by atomic mass is 10.0. The lowest BCUT2D eigenvalue weighted by Crippen LogP contribution is -2.19. The van der Waals surface area contributed by atoms with Crippen molar-refractivity contribution < 1.29 is 14.6 Å². The number of unbranched alkanes of at least 4 members (excludes halogenated alkanes) is 3. The topological polar surface area (TPSA) is 46.5 Å². The molecule has 1 aromatic carbocycles. The van der Waals surface area contributed by atoms with Gasteiger partial charge in [-0.1, -0.05) is 56.5 Å².